The van der Waals surface area contributed by atoms with Crippen molar-refractivity contribution in [1.82, 2.24) is 5.32 Å². The fourth-order valence-corrected chi connectivity index (χ4v) is 2.53. The first-order chi connectivity index (χ1) is 6.38. The Morgan fingerprint density at radius 2 is 2.14 bits per heavy atom. The summed E-state index contributed by atoms with van der Waals surface area (Å²) < 4.78 is 29.7. The summed E-state index contributed by atoms with van der Waals surface area (Å²) in [6, 6.07) is -0.699. The molecule has 1 aliphatic rings. The minimum atomic E-state index is -3.99. The van der Waals surface area contributed by atoms with Crippen LogP contribution in [0, 0.1) is 5.92 Å². The van der Waals surface area contributed by atoms with Gasteiger partial charge in [0.05, 0.1) is 5.75 Å². The van der Waals surface area contributed by atoms with Gasteiger partial charge in [0.1, 0.15) is 6.04 Å². The van der Waals surface area contributed by atoms with Crippen LogP contribution >= 0.6 is 0 Å². The average Bonchev–Trinajstić information content (AvgIpc) is 2.01. The van der Waals surface area contributed by atoms with Crippen LogP contribution < -0.4 is 5.32 Å². The molecule has 0 aromatic rings. The summed E-state index contributed by atoms with van der Waals surface area (Å²) in [4.78, 5) is 10.6. The molecule has 0 spiro atoms. The van der Waals surface area contributed by atoms with E-state index in [0.29, 0.717) is 13.0 Å². The van der Waals surface area contributed by atoms with E-state index < -0.39 is 22.1 Å². The highest BCUT2D eigenvalue weighted by Crippen LogP contribution is 2.17. The Balaban J connectivity index is 2.52. The second-order valence-electron chi connectivity index (χ2n) is 3.48. The maximum absolute atomic E-state index is 10.6. The molecule has 0 aliphatic carbocycles. The van der Waals surface area contributed by atoms with Crippen molar-refractivity contribution in [2.24, 2.45) is 5.92 Å². The van der Waals surface area contributed by atoms with Crippen LogP contribution in [0.2, 0.25) is 0 Å². The van der Waals surface area contributed by atoms with Crippen LogP contribution in [-0.4, -0.2) is 42.4 Å². The lowest BCUT2D eigenvalue weighted by Gasteiger charge is -2.26. The Kier molecular flexibility index (Phi) is 3.46. The molecule has 3 N–H and O–H groups in total. The quantitative estimate of drug-likeness (QED) is 0.548. The molecule has 0 aromatic carbocycles. The van der Waals surface area contributed by atoms with E-state index in [1.807, 2.05) is 0 Å². The zero-order valence-corrected chi connectivity index (χ0v) is 8.33. The van der Waals surface area contributed by atoms with E-state index >= 15 is 0 Å². The smallest absolute Gasteiger partial charge is 0.320 e. The molecule has 1 aliphatic heterocycles. The van der Waals surface area contributed by atoms with Gasteiger partial charge in [-0.1, -0.05) is 0 Å². The largest absolute Gasteiger partial charge is 0.480 e. The van der Waals surface area contributed by atoms with Crippen LogP contribution in [0.1, 0.15) is 12.8 Å². The first-order valence-corrected chi connectivity index (χ1v) is 5.91. The fourth-order valence-electron chi connectivity index (χ4n) is 1.63. The molecule has 1 fully saturated rings. The molecule has 6 nitrogen and oxygen atoms in total. The number of carboxylic acids is 1. The predicted molar refractivity (Wildman–Crippen MR) is 48.6 cm³/mol. The summed E-state index contributed by atoms with van der Waals surface area (Å²) in [6.07, 6.45) is 0.818. The van der Waals surface area contributed by atoms with Crippen LogP contribution in [-0.2, 0) is 14.9 Å². The molecule has 2 atom stereocenters. The van der Waals surface area contributed by atoms with Gasteiger partial charge in [-0.25, -0.2) is 0 Å². The SMILES string of the molecule is O=C(O)C1CC(CS(=O)(=O)O)CCN1. The summed E-state index contributed by atoms with van der Waals surface area (Å²) in [6.45, 7) is 0.469. The van der Waals surface area contributed by atoms with Crippen LogP contribution in [0.3, 0.4) is 0 Å². The molecule has 0 aromatic heterocycles. The Hall–Kier alpha value is -0.660. The van der Waals surface area contributed by atoms with E-state index in [2.05, 4.69) is 5.32 Å². The van der Waals surface area contributed by atoms with Crippen molar-refractivity contribution in [2.45, 2.75) is 18.9 Å². The highest BCUT2D eigenvalue weighted by Gasteiger charge is 2.28. The summed E-state index contributed by atoms with van der Waals surface area (Å²) in [5.74, 6) is -1.60. The number of rotatable bonds is 3. The predicted octanol–water partition coefficient (Wildman–Crippen LogP) is -0.673. The van der Waals surface area contributed by atoms with Gasteiger partial charge in [-0.15, -0.1) is 0 Å². The molecule has 0 amide bonds. The van der Waals surface area contributed by atoms with E-state index in [0.717, 1.165) is 0 Å². The number of piperidine rings is 1. The van der Waals surface area contributed by atoms with Crippen molar-refractivity contribution in [2.75, 3.05) is 12.3 Å². The highest BCUT2D eigenvalue weighted by molar-refractivity contribution is 7.85. The highest BCUT2D eigenvalue weighted by atomic mass is 32.2. The van der Waals surface area contributed by atoms with Crippen molar-refractivity contribution in [3.05, 3.63) is 0 Å². The van der Waals surface area contributed by atoms with Gasteiger partial charge in [0, 0.05) is 0 Å². The first kappa shape index (κ1) is 11.4. The van der Waals surface area contributed by atoms with Gasteiger partial charge in [-0.3, -0.25) is 9.35 Å². The van der Waals surface area contributed by atoms with E-state index in [1.165, 1.54) is 0 Å². The molecule has 0 bridgehead atoms. The third kappa shape index (κ3) is 3.60. The normalized spacial score (nSPS) is 28.6. The van der Waals surface area contributed by atoms with Crippen molar-refractivity contribution in [1.29, 1.82) is 0 Å². The van der Waals surface area contributed by atoms with Crippen molar-refractivity contribution < 1.29 is 22.9 Å². The standard InChI is InChI=1S/C7H13NO5S/c9-7(10)6-3-5(1-2-8-6)4-14(11,12)13/h5-6,8H,1-4H2,(H,9,10)(H,11,12,13). The van der Waals surface area contributed by atoms with Crippen molar-refractivity contribution >= 4 is 16.1 Å². The van der Waals surface area contributed by atoms with E-state index in [1.54, 1.807) is 0 Å². The minimum absolute atomic E-state index is 0.245. The van der Waals surface area contributed by atoms with Gasteiger partial charge in [-0.05, 0) is 25.3 Å². The number of carbonyl (C=O) groups is 1. The third-order valence-electron chi connectivity index (χ3n) is 2.26. The zero-order chi connectivity index (χ0) is 10.8. The molecular weight excluding hydrogens is 210 g/mol. The van der Waals surface area contributed by atoms with Crippen LogP contribution in [0.15, 0.2) is 0 Å². The molecule has 1 heterocycles. The second-order valence-corrected chi connectivity index (χ2v) is 4.98. The lowest BCUT2D eigenvalue weighted by atomic mass is 9.94. The Bertz CT molecular complexity index is 312. The summed E-state index contributed by atoms with van der Waals surface area (Å²) in [7, 11) is -3.99. The van der Waals surface area contributed by atoms with Gasteiger partial charge < -0.3 is 10.4 Å². The second kappa shape index (κ2) is 4.24. The number of carboxylic acid groups (broad SMARTS) is 1. The fraction of sp³-hybridized carbons (Fsp3) is 0.857. The lowest BCUT2D eigenvalue weighted by Crippen LogP contribution is -2.44. The Labute approximate surface area is 82.1 Å². The summed E-state index contributed by atoms with van der Waals surface area (Å²) >= 11 is 0. The van der Waals surface area contributed by atoms with Crippen molar-refractivity contribution in [3.63, 3.8) is 0 Å². The topological polar surface area (TPSA) is 104 Å². The molecular formula is C7H13NO5S. The maximum atomic E-state index is 10.6. The van der Waals surface area contributed by atoms with Gasteiger partial charge >= 0.3 is 5.97 Å². The third-order valence-corrected chi connectivity index (χ3v) is 3.15. The van der Waals surface area contributed by atoms with Crippen molar-refractivity contribution in [3.8, 4) is 0 Å². The average molecular weight is 223 g/mol. The molecule has 14 heavy (non-hydrogen) atoms. The molecule has 82 valence electrons. The van der Waals surface area contributed by atoms with Gasteiger partial charge in [-0.2, -0.15) is 8.42 Å². The minimum Gasteiger partial charge on any atom is -0.480 e. The maximum Gasteiger partial charge on any atom is 0.320 e. The van der Waals surface area contributed by atoms with Gasteiger partial charge in [0.25, 0.3) is 10.1 Å². The number of hydrogen-bond donors (Lipinski definition) is 3. The molecule has 7 heteroatoms. The van der Waals surface area contributed by atoms with Gasteiger partial charge in [0.15, 0.2) is 0 Å². The monoisotopic (exact) mass is 223 g/mol. The summed E-state index contributed by atoms with van der Waals surface area (Å²) in [5.41, 5.74) is 0. The number of hydrogen-bond acceptors (Lipinski definition) is 4. The zero-order valence-electron chi connectivity index (χ0n) is 7.51. The van der Waals surface area contributed by atoms with Crippen LogP contribution in [0.4, 0.5) is 0 Å². The van der Waals surface area contributed by atoms with Crippen LogP contribution in [0.25, 0.3) is 0 Å². The first-order valence-electron chi connectivity index (χ1n) is 4.30. The number of nitrogens with one attached hydrogen (secondary N) is 1. The molecule has 2 unspecified atom stereocenters. The Morgan fingerprint density at radius 3 is 2.64 bits per heavy atom. The molecule has 1 rings (SSSR count). The Morgan fingerprint density at radius 1 is 1.50 bits per heavy atom. The molecule has 1 saturated heterocycles. The van der Waals surface area contributed by atoms with E-state index in [4.69, 9.17) is 9.66 Å². The molecule has 0 saturated carbocycles. The molecule has 0 radical (unpaired) electrons. The summed E-state index contributed by atoms with van der Waals surface area (Å²) in [5, 5.41) is 11.4. The van der Waals surface area contributed by atoms with E-state index in [-0.39, 0.29) is 18.1 Å². The number of aliphatic carboxylic acids is 1. The lowest BCUT2D eigenvalue weighted by molar-refractivity contribution is -0.140. The van der Waals surface area contributed by atoms with Crippen LogP contribution in [0.5, 0.6) is 0 Å². The van der Waals surface area contributed by atoms with E-state index in [9.17, 15) is 13.2 Å². The van der Waals surface area contributed by atoms with Gasteiger partial charge in [0.2, 0.25) is 0 Å².